The van der Waals surface area contributed by atoms with E-state index in [4.69, 9.17) is 11.6 Å². The molecule has 108 valence electrons. The Labute approximate surface area is 135 Å². The minimum atomic E-state index is -0.778. The zero-order valence-electron chi connectivity index (χ0n) is 11.1. The van der Waals surface area contributed by atoms with E-state index in [1.807, 2.05) is 13.0 Å². The fraction of sp³-hybridized carbons (Fsp3) is 0.0667. The summed E-state index contributed by atoms with van der Waals surface area (Å²) in [6, 6.07) is 12.0. The maximum Gasteiger partial charge on any atom is 0.314 e. The lowest BCUT2D eigenvalue weighted by Crippen LogP contribution is -2.29. The molecule has 0 aliphatic carbocycles. The molecule has 21 heavy (non-hydrogen) atoms. The SMILES string of the molecule is Cc1ccc(NC(=O)C(=O)Nc2ccccc2Cl)cc1Br. The van der Waals surface area contributed by atoms with E-state index < -0.39 is 11.8 Å². The lowest BCUT2D eigenvalue weighted by Gasteiger charge is -2.08. The van der Waals surface area contributed by atoms with Crippen molar-refractivity contribution in [1.29, 1.82) is 0 Å². The molecule has 0 aliphatic heterocycles. The van der Waals surface area contributed by atoms with E-state index in [0.29, 0.717) is 16.4 Å². The van der Waals surface area contributed by atoms with Crippen molar-refractivity contribution in [1.82, 2.24) is 0 Å². The van der Waals surface area contributed by atoms with Gasteiger partial charge in [0.15, 0.2) is 0 Å². The summed E-state index contributed by atoms with van der Waals surface area (Å²) in [5, 5.41) is 5.36. The van der Waals surface area contributed by atoms with Crippen LogP contribution in [0.2, 0.25) is 5.02 Å². The minimum Gasteiger partial charge on any atom is -0.318 e. The average Bonchev–Trinajstić information content (AvgIpc) is 2.45. The van der Waals surface area contributed by atoms with Crippen molar-refractivity contribution in [2.75, 3.05) is 10.6 Å². The number of rotatable bonds is 2. The Morgan fingerprint density at radius 1 is 1.05 bits per heavy atom. The Morgan fingerprint density at radius 3 is 2.38 bits per heavy atom. The van der Waals surface area contributed by atoms with E-state index in [-0.39, 0.29) is 0 Å². The number of nitrogens with one attached hydrogen (secondary N) is 2. The van der Waals surface area contributed by atoms with Crippen LogP contribution in [-0.4, -0.2) is 11.8 Å². The van der Waals surface area contributed by atoms with Crippen LogP contribution in [0.4, 0.5) is 11.4 Å². The molecule has 0 bridgehead atoms. The minimum absolute atomic E-state index is 0.372. The second-order valence-electron chi connectivity index (χ2n) is 4.35. The second kappa shape index (κ2) is 6.74. The van der Waals surface area contributed by atoms with Crippen LogP contribution in [0.5, 0.6) is 0 Å². The van der Waals surface area contributed by atoms with Crippen molar-refractivity contribution >= 4 is 50.7 Å². The van der Waals surface area contributed by atoms with Crippen molar-refractivity contribution in [3.05, 3.63) is 57.5 Å². The smallest absolute Gasteiger partial charge is 0.314 e. The Hall–Kier alpha value is -1.85. The highest BCUT2D eigenvalue weighted by Crippen LogP contribution is 2.22. The van der Waals surface area contributed by atoms with Gasteiger partial charge in [0.05, 0.1) is 10.7 Å². The molecule has 0 aromatic heterocycles. The van der Waals surface area contributed by atoms with Gasteiger partial charge in [0, 0.05) is 10.2 Å². The highest BCUT2D eigenvalue weighted by Gasteiger charge is 2.15. The maximum atomic E-state index is 11.8. The second-order valence-corrected chi connectivity index (χ2v) is 5.61. The Kier molecular flexibility index (Phi) is 4.98. The maximum absolute atomic E-state index is 11.8. The molecule has 2 N–H and O–H groups in total. The van der Waals surface area contributed by atoms with Crippen LogP contribution in [0.3, 0.4) is 0 Å². The topological polar surface area (TPSA) is 58.2 Å². The first-order valence-electron chi connectivity index (χ1n) is 6.10. The first-order chi connectivity index (χ1) is 9.97. The molecule has 2 aromatic carbocycles. The molecule has 2 aromatic rings. The normalized spacial score (nSPS) is 10.0. The van der Waals surface area contributed by atoms with Crippen molar-refractivity contribution < 1.29 is 9.59 Å². The molecular weight excluding hydrogens is 356 g/mol. The molecule has 6 heteroatoms. The molecule has 4 nitrogen and oxygen atoms in total. The fourth-order valence-electron chi connectivity index (χ4n) is 1.60. The van der Waals surface area contributed by atoms with Crippen molar-refractivity contribution in [3.8, 4) is 0 Å². The number of hydrogen-bond donors (Lipinski definition) is 2. The molecule has 2 rings (SSSR count). The fourth-order valence-corrected chi connectivity index (χ4v) is 2.16. The number of para-hydroxylation sites is 1. The van der Waals surface area contributed by atoms with E-state index >= 15 is 0 Å². The molecular formula is C15H12BrClN2O2. The van der Waals surface area contributed by atoms with E-state index in [9.17, 15) is 9.59 Å². The molecule has 0 heterocycles. The largest absolute Gasteiger partial charge is 0.318 e. The number of anilines is 2. The summed E-state index contributed by atoms with van der Waals surface area (Å²) in [6.07, 6.45) is 0. The van der Waals surface area contributed by atoms with Crippen molar-refractivity contribution in [2.24, 2.45) is 0 Å². The zero-order chi connectivity index (χ0) is 15.4. The van der Waals surface area contributed by atoms with Gasteiger partial charge in [-0.1, -0.05) is 45.7 Å². The molecule has 0 saturated heterocycles. The third kappa shape index (κ3) is 4.06. The van der Waals surface area contributed by atoms with Crippen LogP contribution in [-0.2, 0) is 9.59 Å². The van der Waals surface area contributed by atoms with Gasteiger partial charge in [-0.25, -0.2) is 0 Å². The third-order valence-corrected chi connectivity index (χ3v) is 3.94. The van der Waals surface area contributed by atoms with Crippen molar-refractivity contribution in [2.45, 2.75) is 6.92 Å². The van der Waals surface area contributed by atoms with Crippen LogP contribution in [0.25, 0.3) is 0 Å². The average molecular weight is 368 g/mol. The van der Waals surface area contributed by atoms with Crippen molar-refractivity contribution in [3.63, 3.8) is 0 Å². The number of benzene rings is 2. The summed E-state index contributed by atoms with van der Waals surface area (Å²) in [7, 11) is 0. The van der Waals surface area contributed by atoms with E-state index in [2.05, 4.69) is 26.6 Å². The highest BCUT2D eigenvalue weighted by atomic mass is 79.9. The first kappa shape index (κ1) is 15.5. The number of carbonyl (C=O) groups is 2. The van der Waals surface area contributed by atoms with Gasteiger partial charge in [0.2, 0.25) is 0 Å². The summed E-state index contributed by atoms with van der Waals surface area (Å²) in [4.78, 5) is 23.7. The van der Waals surface area contributed by atoms with Crippen LogP contribution >= 0.6 is 27.5 Å². The summed E-state index contributed by atoms with van der Waals surface area (Å²) in [5.41, 5.74) is 1.96. The summed E-state index contributed by atoms with van der Waals surface area (Å²) in [5.74, 6) is -1.54. The Balaban J connectivity index is 2.04. The summed E-state index contributed by atoms with van der Waals surface area (Å²) < 4.78 is 0.854. The van der Waals surface area contributed by atoms with E-state index in [1.165, 1.54) is 0 Å². The third-order valence-electron chi connectivity index (χ3n) is 2.76. The highest BCUT2D eigenvalue weighted by molar-refractivity contribution is 9.10. The predicted octanol–water partition coefficient (Wildman–Crippen LogP) is 3.99. The van der Waals surface area contributed by atoms with Gasteiger partial charge in [-0.2, -0.15) is 0 Å². The predicted molar refractivity (Wildman–Crippen MR) is 87.6 cm³/mol. The van der Waals surface area contributed by atoms with E-state index in [1.54, 1.807) is 36.4 Å². The molecule has 0 saturated carbocycles. The van der Waals surface area contributed by atoms with Crippen LogP contribution in [0, 0.1) is 6.92 Å². The molecule has 0 fully saturated rings. The zero-order valence-corrected chi connectivity index (χ0v) is 13.5. The standard InChI is InChI=1S/C15H12BrClN2O2/c1-9-6-7-10(8-11(9)16)18-14(20)15(21)19-13-5-3-2-4-12(13)17/h2-8H,1H3,(H,18,20)(H,19,21). The van der Waals surface area contributed by atoms with Gasteiger partial charge in [0.1, 0.15) is 0 Å². The molecule has 0 unspecified atom stereocenters. The Morgan fingerprint density at radius 2 is 1.71 bits per heavy atom. The summed E-state index contributed by atoms with van der Waals surface area (Å²) >= 11 is 9.29. The number of amides is 2. The van der Waals surface area contributed by atoms with Crippen LogP contribution in [0.15, 0.2) is 46.9 Å². The number of hydrogen-bond acceptors (Lipinski definition) is 2. The number of aryl methyl sites for hydroxylation is 1. The van der Waals surface area contributed by atoms with Crippen LogP contribution < -0.4 is 10.6 Å². The lowest BCUT2D eigenvalue weighted by molar-refractivity contribution is -0.132. The Bertz CT molecular complexity index is 704. The monoisotopic (exact) mass is 366 g/mol. The number of halogens is 2. The summed E-state index contributed by atoms with van der Waals surface area (Å²) in [6.45, 7) is 1.93. The van der Waals surface area contributed by atoms with Gasteiger partial charge < -0.3 is 10.6 Å². The first-order valence-corrected chi connectivity index (χ1v) is 7.27. The quantitative estimate of drug-likeness (QED) is 0.789. The lowest BCUT2D eigenvalue weighted by atomic mass is 10.2. The van der Waals surface area contributed by atoms with Gasteiger partial charge in [0.25, 0.3) is 0 Å². The molecule has 2 amide bonds. The molecule has 0 aliphatic rings. The number of carbonyl (C=O) groups excluding carboxylic acids is 2. The molecule has 0 radical (unpaired) electrons. The van der Waals surface area contributed by atoms with Gasteiger partial charge in [-0.05, 0) is 36.8 Å². The van der Waals surface area contributed by atoms with Gasteiger partial charge >= 0.3 is 11.8 Å². The van der Waals surface area contributed by atoms with E-state index in [0.717, 1.165) is 10.0 Å². The van der Waals surface area contributed by atoms with Gasteiger partial charge in [-0.3, -0.25) is 9.59 Å². The van der Waals surface area contributed by atoms with Gasteiger partial charge in [-0.15, -0.1) is 0 Å². The van der Waals surface area contributed by atoms with Crippen LogP contribution in [0.1, 0.15) is 5.56 Å². The molecule has 0 spiro atoms. The molecule has 0 atom stereocenters.